The summed E-state index contributed by atoms with van der Waals surface area (Å²) in [6.07, 6.45) is 7.15. The van der Waals surface area contributed by atoms with E-state index in [1.165, 1.54) is 37.2 Å². The molecule has 0 spiro atoms. The third-order valence-corrected chi connectivity index (χ3v) is 5.36. The summed E-state index contributed by atoms with van der Waals surface area (Å²) in [5, 5.41) is 3.99. The average Bonchev–Trinajstić information content (AvgIpc) is 3.20. The Labute approximate surface area is 130 Å². The maximum atomic E-state index is 12.4. The molecule has 21 heavy (non-hydrogen) atoms. The fraction of sp³-hybridized carbons (Fsp3) is 0.733. The monoisotopic (exact) mass is 308 g/mol. The zero-order chi connectivity index (χ0) is 14.8. The van der Waals surface area contributed by atoms with Crippen molar-refractivity contribution in [3.63, 3.8) is 0 Å². The third kappa shape index (κ3) is 3.31. The molecule has 5 nitrogen and oxygen atoms in total. The fourth-order valence-corrected chi connectivity index (χ4v) is 3.90. The van der Waals surface area contributed by atoms with Gasteiger partial charge in [0.25, 0.3) is 5.91 Å². The number of hydrogen-bond acceptors (Lipinski definition) is 5. The highest BCUT2D eigenvalue weighted by Gasteiger charge is 2.30. The minimum Gasteiger partial charge on any atom is -0.382 e. The molecule has 3 N–H and O–H groups in total. The van der Waals surface area contributed by atoms with Gasteiger partial charge in [0, 0.05) is 19.1 Å². The molecule has 1 aliphatic carbocycles. The highest BCUT2D eigenvalue weighted by molar-refractivity contribution is 7.11. The molecule has 1 amide bonds. The van der Waals surface area contributed by atoms with Crippen LogP contribution >= 0.6 is 11.5 Å². The van der Waals surface area contributed by atoms with Crippen LogP contribution in [-0.4, -0.2) is 29.4 Å². The molecule has 6 heteroatoms. The quantitative estimate of drug-likeness (QED) is 0.877. The lowest BCUT2D eigenvalue weighted by atomic mass is 9.92. The summed E-state index contributed by atoms with van der Waals surface area (Å²) in [5.41, 5.74) is 6.53. The number of nitrogens with one attached hydrogen (secondary N) is 1. The maximum Gasteiger partial charge on any atom is 0.258 e. The van der Waals surface area contributed by atoms with E-state index in [0.29, 0.717) is 17.4 Å². The van der Waals surface area contributed by atoms with Crippen molar-refractivity contribution in [2.75, 3.05) is 23.7 Å². The van der Waals surface area contributed by atoms with Crippen LogP contribution in [0, 0.1) is 5.92 Å². The minimum atomic E-state index is -0.0468. The molecule has 0 bridgehead atoms. The predicted molar refractivity (Wildman–Crippen MR) is 86.9 cm³/mol. The van der Waals surface area contributed by atoms with E-state index in [4.69, 9.17) is 5.73 Å². The Morgan fingerprint density at radius 1 is 1.38 bits per heavy atom. The molecule has 0 atom stereocenters. The van der Waals surface area contributed by atoms with Gasteiger partial charge in [-0.3, -0.25) is 4.79 Å². The molecule has 116 valence electrons. The van der Waals surface area contributed by atoms with Gasteiger partial charge in [0.15, 0.2) is 5.82 Å². The molecule has 1 aromatic heterocycles. The van der Waals surface area contributed by atoms with Crippen LogP contribution in [0.3, 0.4) is 0 Å². The number of anilines is 2. The maximum absolute atomic E-state index is 12.4. The number of nitrogens with two attached hydrogens (primary N) is 1. The highest BCUT2D eigenvalue weighted by atomic mass is 32.1. The standard InChI is InChI=1S/C15H24N4OS/c1-2-3-10-6-8-19(9-7-10)15-12(13(16)18-21-15)14(20)17-11-4-5-11/h10-11H,2-9H2,1H3,(H2,16,18)(H,17,20). The zero-order valence-electron chi connectivity index (χ0n) is 12.6. The van der Waals surface area contributed by atoms with E-state index >= 15 is 0 Å². The van der Waals surface area contributed by atoms with Gasteiger partial charge in [0.05, 0.1) is 0 Å². The SMILES string of the molecule is CCCC1CCN(c2snc(N)c2C(=O)NC2CC2)CC1. The molecular weight excluding hydrogens is 284 g/mol. The lowest BCUT2D eigenvalue weighted by molar-refractivity contribution is 0.0952. The second kappa shape index (κ2) is 6.22. The second-order valence-corrected chi connectivity index (χ2v) is 6.97. The molecule has 1 saturated heterocycles. The molecule has 0 radical (unpaired) electrons. The van der Waals surface area contributed by atoms with Crippen LogP contribution in [0.1, 0.15) is 55.8 Å². The molecule has 0 unspecified atom stereocenters. The summed E-state index contributed by atoms with van der Waals surface area (Å²) in [5.74, 6) is 1.17. The number of carbonyl (C=O) groups is 1. The van der Waals surface area contributed by atoms with Gasteiger partial charge in [-0.1, -0.05) is 19.8 Å². The summed E-state index contributed by atoms with van der Waals surface area (Å²) in [6, 6.07) is 0.347. The first kappa shape index (κ1) is 14.6. The van der Waals surface area contributed by atoms with E-state index < -0.39 is 0 Å². The number of piperidine rings is 1. The van der Waals surface area contributed by atoms with Crippen LogP contribution in [-0.2, 0) is 0 Å². The normalized spacial score (nSPS) is 19.8. The largest absolute Gasteiger partial charge is 0.382 e. The zero-order valence-corrected chi connectivity index (χ0v) is 13.4. The topological polar surface area (TPSA) is 71.2 Å². The molecule has 2 fully saturated rings. The van der Waals surface area contributed by atoms with Crippen molar-refractivity contribution in [3.8, 4) is 0 Å². The van der Waals surface area contributed by atoms with E-state index in [-0.39, 0.29) is 5.91 Å². The van der Waals surface area contributed by atoms with Crippen molar-refractivity contribution in [2.45, 2.75) is 51.5 Å². The van der Waals surface area contributed by atoms with Crippen molar-refractivity contribution >= 4 is 28.3 Å². The molecule has 1 aromatic rings. The van der Waals surface area contributed by atoms with Crippen molar-refractivity contribution in [2.24, 2.45) is 5.92 Å². The first-order chi connectivity index (χ1) is 10.2. The summed E-state index contributed by atoms with van der Waals surface area (Å²) < 4.78 is 4.21. The first-order valence-corrected chi connectivity index (χ1v) is 8.77. The van der Waals surface area contributed by atoms with Crippen LogP contribution < -0.4 is 16.0 Å². The highest BCUT2D eigenvalue weighted by Crippen LogP contribution is 2.34. The molecule has 3 rings (SSSR count). The number of nitrogens with zero attached hydrogens (tertiary/aromatic N) is 2. The van der Waals surface area contributed by atoms with Crippen LogP contribution in [0.4, 0.5) is 10.8 Å². The first-order valence-electron chi connectivity index (χ1n) is 8.00. The van der Waals surface area contributed by atoms with Gasteiger partial charge >= 0.3 is 0 Å². The Bertz CT molecular complexity index is 504. The van der Waals surface area contributed by atoms with E-state index in [1.807, 2.05) is 0 Å². The lowest BCUT2D eigenvalue weighted by Crippen LogP contribution is -2.35. The van der Waals surface area contributed by atoms with Crippen LogP contribution in [0.5, 0.6) is 0 Å². The van der Waals surface area contributed by atoms with Gasteiger partial charge in [-0.25, -0.2) is 0 Å². The number of carbonyl (C=O) groups excluding carboxylic acids is 1. The molecule has 2 heterocycles. The number of rotatable bonds is 5. The second-order valence-electron chi connectivity index (χ2n) is 6.21. The smallest absolute Gasteiger partial charge is 0.258 e. The number of aromatic nitrogens is 1. The van der Waals surface area contributed by atoms with Crippen molar-refractivity contribution in [1.82, 2.24) is 9.69 Å². The van der Waals surface area contributed by atoms with E-state index in [2.05, 4.69) is 21.5 Å². The Hall–Kier alpha value is -1.30. The molecule has 0 aromatic carbocycles. The number of amides is 1. The predicted octanol–water partition coefficient (Wildman–Crippen LogP) is 2.63. The van der Waals surface area contributed by atoms with E-state index in [1.54, 1.807) is 0 Å². The number of hydrogen-bond donors (Lipinski definition) is 2. The molecule has 1 aliphatic heterocycles. The Balaban J connectivity index is 1.69. The summed E-state index contributed by atoms with van der Waals surface area (Å²) in [4.78, 5) is 14.6. The Morgan fingerprint density at radius 3 is 2.71 bits per heavy atom. The van der Waals surface area contributed by atoms with Gasteiger partial charge in [0.1, 0.15) is 10.6 Å². The number of nitrogen functional groups attached to an aromatic ring is 1. The summed E-state index contributed by atoms with van der Waals surface area (Å²) in [7, 11) is 0. The van der Waals surface area contributed by atoms with Crippen LogP contribution in [0.15, 0.2) is 0 Å². The molecular formula is C15H24N4OS. The van der Waals surface area contributed by atoms with E-state index in [0.717, 1.165) is 36.9 Å². The minimum absolute atomic E-state index is 0.0468. The van der Waals surface area contributed by atoms with E-state index in [9.17, 15) is 4.79 Å². The molecule has 2 aliphatic rings. The van der Waals surface area contributed by atoms with Crippen LogP contribution in [0.2, 0.25) is 0 Å². The summed E-state index contributed by atoms with van der Waals surface area (Å²) >= 11 is 1.36. The Morgan fingerprint density at radius 2 is 2.10 bits per heavy atom. The van der Waals surface area contributed by atoms with Gasteiger partial charge in [-0.15, -0.1) is 0 Å². The van der Waals surface area contributed by atoms with Gasteiger partial charge < -0.3 is 16.0 Å². The van der Waals surface area contributed by atoms with Crippen molar-refractivity contribution < 1.29 is 4.79 Å². The van der Waals surface area contributed by atoms with Crippen LogP contribution in [0.25, 0.3) is 0 Å². The summed E-state index contributed by atoms with van der Waals surface area (Å²) in [6.45, 7) is 4.27. The molecule has 1 saturated carbocycles. The van der Waals surface area contributed by atoms with Gasteiger partial charge in [-0.2, -0.15) is 4.37 Å². The van der Waals surface area contributed by atoms with Crippen molar-refractivity contribution in [1.29, 1.82) is 0 Å². The Kier molecular flexibility index (Phi) is 4.33. The lowest BCUT2D eigenvalue weighted by Gasteiger charge is -2.32. The average molecular weight is 308 g/mol. The van der Waals surface area contributed by atoms with Crippen molar-refractivity contribution in [3.05, 3.63) is 5.56 Å². The van der Waals surface area contributed by atoms with Gasteiger partial charge in [-0.05, 0) is 43.1 Å². The third-order valence-electron chi connectivity index (χ3n) is 4.44. The van der Waals surface area contributed by atoms with Gasteiger partial charge in [0.2, 0.25) is 0 Å². The fourth-order valence-electron chi connectivity index (χ4n) is 3.04.